The van der Waals surface area contributed by atoms with E-state index in [1.54, 1.807) is 6.08 Å². The molecular weight excluding hydrogens is 494 g/mol. The van der Waals surface area contributed by atoms with Crippen LogP contribution in [0.3, 0.4) is 0 Å². The van der Waals surface area contributed by atoms with Gasteiger partial charge < -0.3 is 14.8 Å². The molecule has 0 aromatic heterocycles. The summed E-state index contributed by atoms with van der Waals surface area (Å²) in [7, 11) is 0. The van der Waals surface area contributed by atoms with Gasteiger partial charge in [0.25, 0.3) is 5.91 Å². The number of carbonyl (C=O) groups is 1. The van der Waals surface area contributed by atoms with Crippen LogP contribution in [0, 0.1) is 0 Å². The molecule has 2 aromatic rings. The molecule has 4 rings (SSSR count). The molecule has 0 atom stereocenters. The summed E-state index contributed by atoms with van der Waals surface area (Å²) in [5.74, 6) is 2.07. The van der Waals surface area contributed by atoms with Gasteiger partial charge in [-0.15, -0.1) is 0 Å². The number of rotatable bonds is 7. The number of hydrogen-bond donors (Lipinski definition) is 1. The number of benzene rings is 2. The molecule has 0 unspecified atom stereocenters. The second-order valence-corrected chi connectivity index (χ2v) is 10.3. The Balaban J connectivity index is 1.32. The van der Waals surface area contributed by atoms with Crippen molar-refractivity contribution in [1.82, 2.24) is 5.32 Å². The Morgan fingerprint density at radius 3 is 2.52 bits per heavy atom. The number of hydrogen-bond acceptors (Lipinski definition) is 5. The van der Waals surface area contributed by atoms with Gasteiger partial charge in [0, 0.05) is 10.0 Å². The van der Waals surface area contributed by atoms with E-state index in [-0.39, 0.29) is 5.91 Å². The van der Waals surface area contributed by atoms with E-state index in [9.17, 15) is 4.79 Å². The minimum Gasteiger partial charge on any atom is -0.490 e. The first kappa shape index (κ1) is 22.4. The number of nitrogens with one attached hydrogen (secondary N) is 1. The molecule has 2 fully saturated rings. The number of amides is 1. The molecule has 1 saturated carbocycles. The Labute approximate surface area is 200 Å². The second kappa shape index (κ2) is 10.7. The van der Waals surface area contributed by atoms with E-state index in [4.69, 9.17) is 21.7 Å². The van der Waals surface area contributed by atoms with Gasteiger partial charge in [-0.05, 0) is 60.7 Å². The van der Waals surface area contributed by atoms with Gasteiger partial charge in [-0.1, -0.05) is 71.3 Å². The van der Waals surface area contributed by atoms with Crippen molar-refractivity contribution >= 4 is 56.2 Å². The van der Waals surface area contributed by atoms with Crippen LogP contribution in [0.1, 0.15) is 49.1 Å². The average molecular weight is 518 g/mol. The highest BCUT2D eigenvalue weighted by Gasteiger charge is 2.22. The first-order chi connectivity index (χ1) is 15.1. The van der Waals surface area contributed by atoms with Crippen LogP contribution in [-0.4, -0.2) is 23.4 Å². The van der Waals surface area contributed by atoms with Crippen LogP contribution in [0.2, 0.25) is 0 Å². The van der Waals surface area contributed by atoms with Crippen LogP contribution in [0.25, 0.3) is 6.08 Å². The number of ether oxygens (including phenoxy) is 2. The third kappa shape index (κ3) is 6.11. The summed E-state index contributed by atoms with van der Waals surface area (Å²) in [6.45, 7) is 0.841. The van der Waals surface area contributed by atoms with Gasteiger partial charge in [0.15, 0.2) is 0 Å². The molecule has 2 aliphatic rings. The molecule has 1 N–H and O–H groups in total. The monoisotopic (exact) mass is 517 g/mol. The Bertz CT molecular complexity index is 985. The van der Waals surface area contributed by atoms with Crippen molar-refractivity contribution in [2.24, 2.45) is 0 Å². The zero-order valence-electron chi connectivity index (χ0n) is 17.1. The van der Waals surface area contributed by atoms with Gasteiger partial charge in [0.1, 0.15) is 29.0 Å². The number of halogens is 1. The lowest BCUT2D eigenvalue weighted by Crippen LogP contribution is -2.17. The molecule has 31 heavy (non-hydrogen) atoms. The highest BCUT2D eigenvalue weighted by Crippen LogP contribution is 2.33. The Morgan fingerprint density at radius 1 is 1.06 bits per heavy atom. The minimum absolute atomic E-state index is 0.180. The Kier molecular flexibility index (Phi) is 7.69. The van der Waals surface area contributed by atoms with Gasteiger partial charge >= 0.3 is 0 Å². The average Bonchev–Trinajstić information content (AvgIpc) is 3.10. The summed E-state index contributed by atoms with van der Waals surface area (Å²) in [5.41, 5.74) is 2.23. The largest absolute Gasteiger partial charge is 0.490 e. The van der Waals surface area contributed by atoms with E-state index < -0.39 is 0 Å². The molecule has 1 saturated heterocycles. The lowest BCUT2D eigenvalue weighted by Gasteiger charge is -2.22. The fourth-order valence-corrected chi connectivity index (χ4v) is 5.32. The molecule has 1 amide bonds. The lowest BCUT2D eigenvalue weighted by molar-refractivity contribution is -0.115. The quantitative estimate of drug-likeness (QED) is 0.260. The van der Waals surface area contributed by atoms with Crippen LogP contribution >= 0.6 is 39.9 Å². The molecule has 2 aromatic carbocycles. The summed E-state index contributed by atoms with van der Waals surface area (Å²) in [6, 6.07) is 14.2. The first-order valence-electron chi connectivity index (χ1n) is 10.5. The van der Waals surface area contributed by atoms with E-state index in [2.05, 4.69) is 45.5 Å². The van der Waals surface area contributed by atoms with Crippen molar-refractivity contribution in [3.05, 3.63) is 63.0 Å². The van der Waals surface area contributed by atoms with Gasteiger partial charge in [0.2, 0.25) is 0 Å². The molecule has 0 bridgehead atoms. The van der Waals surface area contributed by atoms with E-state index >= 15 is 0 Å². The molecule has 7 heteroatoms. The third-order valence-electron chi connectivity index (χ3n) is 5.47. The predicted molar refractivity (Wildman–Crippen MR) is 134 cm³/mol. The molecule has 4 nitrogen and oxygen atoms in total. The maximum Gasteiger partial charge on any atom is 0.263 e. The minimum atomic E-state index is -0.180. The molecule has 1 heterocycles. The van der Waals surface area contributed by atoms with Crippen LogP contribution in [-0.2, 0) is 4.79 Å². The Morgan fingerprint density at radius 2 is 1.81 bits per heavy atom. The fourth-order valence-electron chi connectivity index (χ4n) is 3.91. The number of thioether (sulfide) groups is 1. The molecule has 1 aliphatic heterocycles. The molecule has 0 radical (unpaired) electrons. The van der Waals surface area contributed by atoms with Gasteiger partial charge in [-0.25, -0.2) is 0 Å². The molecule has 162 valence electrons. The van der Waals surface area contributed by atoms with Crippen LogP contribution < -0.4 is 14.8 Å². The normalized spacial score (nSPS) is 18.3. The summed E-state index contributed by atoms with van der Waals surface area (Å²) < 4.78 is 13.2. The van der Waals surface area contributed by atoms with Crippen molar-refractivity contribution in [2.45, 2.75) is 38.0 Å². The Hall–Kier alpha value is -1.83. The zero-order valence-corrected chi connectivity index (χ0v) is 20.3. The van der Waals surface area contributed by atoms with Crippen molar-refractivity contribution < 1.29 is 14.3 Å². The van der Waals surface area contributed by atoms with Crippen molar-refractivity contribution in [2.75, 3.05) is 13.2 Å². The highest BCUT2D eigenvalue weighted by molar-refractivity contribution is 9.10. The van der Waals surface area contributed by atoms with Crippen LogP contribution in [0.15, 0.2) is 51.8 Å². The fraction of sp³-hybridized carbons (Fsp3) is 0.333. The first-order valence-corrected chi connectivity index (χ1v) is 12.5. The topological polar surface area (TPSA) is 47.6 Å². The number of carbonyl (C=O) groups excluding carboxylic acids is 1. The zero-order chi connectivity index (χ0) is 21.6. The van der Waals surface area contributed by atoms with Crippen LogP contribution in [0.4, 0.5) is 0 Å². The van der Waals surface area contributed by atoms with Crippen molar-refractivity contribution in [1.29, 1.82) is 0 Å². The number of thiocarbonyl (C=S) groups is 1. The maximum absolute atomic E-state index is 12.0. The third-order valence-corrected chi connectivity index (χ3v) is 7.12. The second-order valence-electron chi connectivity index (χ2n) is 7.64. The van der Waals surface area contributed by atoms with Crippen molar-refractivity contribution in [3.63, 3.8) is 0 Å². The van der Waals surface area contributed by atoms with Gasteiger partial charge in [-0.2, -0.15) is 0 Å². The van der Waals surface area contributed by atoms with E-state index in [1.165, 1.54) is 49.4 Å². The standard InChI is InChI=1S/C24H24BrNO3S2/c25-19-8-11-21(18(14-19)15-22-23(27)26-24(30)31-22)29-13-12-28-20-9-6-17(7-10-20)16-4-2-1-3-5-16/h6-11,14-16H,1-5,12-13H2,(H,26,27,30). The summed E-state index contributed by atoms with van der Waals surface area (Å²) in [5, 5.41) is 2.63. The van der Waals surface area contributed by atoms with Gasteiger partial charge in [-0.3, -0.25) is 4.79 Å². The lowest BCUT2D eigenvalue weighted by atomic mass is 9.84. The molecular formula is C24H24BrNO3S2. The summed E-state index contributed by atoms with van der Waals surface area (Å²) >= 11 is 9.79. The van der Waals surface area contributed by atoms with E-state index in [0.29, 0.717) is 34.1 Å². The summed E-state index contributed by atoms with van der Waals surface area (Å²) in [6.07, 6.45) is 8.44. The maximum atomic E-state index is 12.0. The van der Waals surface area contributed by atoms with Gasteiger partial charge in [0.05, 0.1) is 4.91 Å². The highest BCUT2D eigenvalue weighted by atomic mass is 79.9. The van der Waals surface area contributed by atoms with Crippen molar-refractivity contribution in [3.8, 4) is 11.5 Å². The SMILES string of the molecule is O=C1NC(=S)SC1=Cc1cc(Br)ccc1OCCOc1ccc(C2CCCCC2)cc1. The van der Waals surface area contributed by atoms with E-state index in [0.717, 1.165) is 15.8 Å². The van der Waals surface area contributed by atoms with Crippen LogP contribution in [0.5, 0.6) is 11.5 Å². The molecule has 1 aliphatic carbocycles. The summed E-state index contributed by atoms with van der Waals surface area (Å²) in [4.78, 5) is 12.5. The van der Waals surface area contributed by atoms with E-state index in [1.807, 2.05) is 18.2 Å². The predicted octanol–water partition coefficient (Wildman–Crippen LogP) is 6.44. The smallest absolute Gasteiger partial charge is 0.263 e. The molecule has 0 spiro atoms.